The molecule has 86 valence electrons. The van der Waals surface area contributed by atoms with Gasteiger partial charge in [0.25, 0.3) is 5.91 Å². The molecular weight excluding hydrogens is 232 g/mol. The number of hydrogen-bond donors (Lipinski definition) is 2. The molecule has 0 saturated carbocycles. The summed E-state index contributed by atoms with van der Waals surface area (Å²) in [7, 11) is 1.49. The normalized spacial score (nSPS) is 11.7. The number of hydrogen-bond acceptors (Lipinski definition) is 4. The molecular formula is C9H11ClN4O2. The lowest BCUT2D eigenvalue weighted by molar-refractivity contribution is -0.122. The highest BCUT2D eigenvalue weighted by molar-refractivity contribution is 6.29. The molecule has 0 radical (unpaired) electrons. The molecule has 0 aliphatic rings. The van der Waals surface area contributed by atoms with Crippen molar-refractivity contribution >= 4 is 23.4 Å². The van der Waals surface area contributed by atoms with Gasteiger partial charge in [-0.2, -0.15) is 0 Å². The second kappa shape index (κ2) is 5.41. The Morgan fingerprint density at radius 1 is 1.38 bits per heavy atom. The van der Waals surface area contributed by atoms with Gasteiger partial charge in [-0.3, -0.25) is 9.59 Å². The third-order valence-corrected chi connectivity index (χ3v) is 2.05. The average Bonchev–Trinajstić information content (AvgIpc) is 2.28. The van der Waals surface area contributed by atoms with Crippen molar-refractivity contribution in [3.05, 3.63) is 23.0 Å². The summed E-state index contributed by atoms with van der Waals surface area (Å²) in [6, 6.07) is 2.25. The maximum Gasteiger partial charge on any atom is 0.272 e. The van der Waals surface area contributed by atoms with Crippen LogP contribution in [0, 0.1) is 0 Å². The van der Waals surface area contributed by atoms with Gasteiger partial charge in [0.05, 0.1) is 0 Å². The molecule has 1 aromatic heterocycles. The molecule has 1 heterocycles. The maximum absolute atomic E-state index is 11.6. The van der Waals surface area contributed by atoms with Crippen molar-refractivity contribution in [3.63, 3.8) is 0 Å². The minimum atomic E-state index is -0.630. The molecule has 2 N–H and O–H groups in total. The van der Waals surface area contributed by atoms with Crippen LogP contribution in [0.15, 0.2) is 12.1 Å². The fourth-order valence-electron chi connectivity index (χ4n) is 0.990. The zero-order valence-electron chi connectivity index (χ0n) is 8.82. The quantitative estimate of drug-likeness (QED) is 0.781. The molecule has 0 fully saturated rings. The van der Waals surface area contributed by atoms with E-state index >= 15 is 0 Å². The van der Waals surface area contributed by atoms with Crippen molar-refractivity contribution in [2.45, 2.75) is 13.0 Å². The predicted molar refractivity (Wildman–Crippen MR) is 58.0 cm³/mol. The van der Waals surface area contributed by atoms with E-state index in [1.54, 1.807) is 6.92 Å². The van der Waals surface area contributed by atoms with Gasteiger partial charge in [0.15, 0.2) is 10.8 Å². The lowest BCUT2D eigenvalue weighted by Gasteiger charge is -2.11. The van der Waals surface area contributed by atoms with Crippen LogP contribution >= 0.6 is 11.6 Å². The summed E-state index contributed by atoms with van der Waals surface area (Å²) in [4.78, 5) is 22.7. The third kappa shape index (κ3) is 3.16. The average molecular weight is 243 g/mol. The monoisotopic (exact) mass is 242 g/mol. The van der Waals surface area contributed by atoms with E-state index in [2.05, 4.69) is 20.8 Å². The molecule has 0 spiro atoms. The Morgan fingerprint density at radius 3 is 2.56 bits per heavy atom. The van der Waals surface area contributed by atoms with Gasteiger partial charge in [-0.1, -0.05) is 11.6 Å². The molecule has 16 heavy (non-hydrogen) atoms. The van der Waals surface area contributed by atoms with Crippen LogP contribution in [0.2, 0.25) is 5.15 Å². The van der Waals surface area contributed by atoms with Crippen molar-refractivity contribution < 1.29 is 9.59 Å². The Labute approximate surface area is 97.4 Å². The van der Waals surface area contributed by atoms with E-state index in [0.717, 1.165) is 0 Å². The number of rotatable bonds is 3. The van der Waals surface area contributed by atoms with E-state index in [9.17, 15) is 9.59 Å². The van der Waals surface area contributed by atoms with E-state index in [1.807, 2.05) is 0 Å². The summed E-state index contributed by atoms with van der Waals surface area (Å²) >= 11 is 5.53. The van der Waals surface area contributed by atoms with Gasteiger partial charge in [0, 0.05) is 7.05 Å². The first-order valence-corrected chi connectivity index (χ1v) is 4.94. The number of nitrogens with zero attached hydrogens (tertiary/aromatic N) is 2. The summed E-state index contributed by atoms with van der Waals surface area (Å²) in [5, 5.41) is 12.2. The van der Waals surface area contributed by atoms with E-state index in [1.165, 1.54) is 19.2 Å². The van der Waals surface area contributed by atoms with Crippen molar-refractivity contribution in [1.29, 1.82) is 0 Å². The van der Waals surface area contributed by atoms with Crippen molar-refractivity contribution in [2.24, 2.45) is 0 Å². The zero-order valence-corrected chi connectivity index (χ0v) is 9.58. The molecule has 0 aliphatic carbocycles. The summed E-state index contributed by atoms with van der Waals surface area (Å²) in [6.07, 6.45) is 0. The first kappa shape index (κ1) is 12.4. The van der Waals surface area contributed by atoms with Crippen LogP contribution in [-0.4, -0.2) is 35.1 Å². The van der Waals surface area contributed by atoms with Gasteiger partial charge in [0.1, 0.15) is 6.04 Å². The maximum atomic E-state index is 11.6. The van der Waals surface area contributed by atoms with E-state index in [-0.39, 0.29) is 16.8 Å². The van der Waals surface area contributed by atoms with Gasteiger partial charge < -0.3 is 10.6 Å². The van der Waals surface area contributed by atoms with Gasteiger partial charge in [-0.05, 0) is 19.1 Å². The SMILES string of the molecule is CNC(=O)C(C)NC(=O)c1ccc(Cl)nn1. The van der Waals surface area contributed by atoms with Crippen LogP contribution in [0.4, 0.5) is 0 Å². The highest BCUT2D eigenvalue weighted by atomic mass is 35.5. The minimum Gasteiger partial charge on any atom is -0.357 e. The number of likely N-dealkylation sites (N-methyl/N-ethyl adjacent to an activating group) is 1. The Hall–Kier alpha value is -1.69. The second-order valence-corrected chi connectivity index (χ2v) is 3.44. The van der Waals surface area contributed by atoms with Crippen molar-refractivity contribution in [2.75, 3.05) is 7.05 Å². The van der Waals surface area contributed by atoms with Crippen LogP contribution in [-0.2, 0) is 4.79 Å². The molecule has 2 amide bonds. The van der Waals surface area contributed by atoms with Crippen LogP contribution in [0.1, 0.15) is 17.4 Å². The van der Waals surface area contributed by atoms with Gasteiger partial charge >= 0.3 is 0 Å². The number of nitrogens with one attached hydrogen (secondary N) is 2. The molecule has 6 nitrogen and oxygen atoms in total. The Bertz CT molecular complexity index is 393. The molecule has 7 heteroatoms. The molecule has 0 aromatic carbocycles. The lowest BCUT2D eigenvalue weighted by atomic mass is 10.3. The third-order valence-electron chi connectivity index (χ3n) is 1.85. The molecule has 0 bridgehead atoms. The number of carbonyl (C=O) groups is 2. The topological polar surface area (TPSA) is 84.0 Å². The fraction of sp³-hybridized carbons (Fsp3) is 0.333. The fourth-order valence-corrected chi connectivity index (χ4v) is 1.09. The first-order chi connectivity index (χ1) is 7.54. The summed E-state index contributed by atoms with van der Waals surface area (Å²) < 4.78 is 0. The Morgan fingerprint density at radius 2 is 2.06 bits per heavy atom. The lowest BCUT2D eigenvalue weighted by Crippen LogP contribution is -2.43. The Kier molecular flexibility index (Phi) is 4.19. The van der Waals surface area contributed by atoms with E-state index in [0.29, 0.717) is 0 Å². The molecule has 1 atom stereocenters. The largest absolute Gasteiger partial charge is 0.357 e. The summed E-state index contributed by atoms with van der Waals surface area (Å²) in [6.45, 7) is 1.57. The van der Waals surface area contributed by atoms with Gasteiger partial charge in [-0.25, -0.2) is 0 Å². The van der Waals surface area contributed by atoms with Crippen LogP contribution in [0.3, 0.4) is 0 Å². The molecule has 1 rings (SSSR count). The van der Waals surface area contributed by atoms with Crippen LogP contribution < -0.4 is 10.6 Å². The van der Waals surface area contributed by atoms with E-state index in [4.69, 9.17) is 11.6 Å². The molecule has 0 aliphatic heterocycles. The van der Waals surface area contributed by atoms with Crippen LogP contribution in [0.5, 0.6) is 0 Å². The molecule has 1 aromatic rings. The van der Waals surface area contributed by atoms with Crippen molar-refractivity contribution in [3.8, 4) is 0 Å². The number of halogens is 1. The number of carbonyl (C=O) groups excluding carboxylic acids is 2. The van der Waals surface area contributed by atoms with Gasteiger partial charge in [-0.15, -0.1) is 10.2 Å². The number of amides is 2. The minimum absolute atomic E-state index is 0.111. The van der Waals surface area contributed by atoms with E-state index < -0.39 is 11.9 Å². The zero-order chi connectivity index (χ0) is 12.1. The first-order valence-electron chi connectivity index (χ1n) is 4.56. The summed E-state index contributed by atoms with van der Waals surface area (Å²) in [5.41, 5.74) is 0.111. The van der Waals surface area contributed by atoms with Gasteiger partial charge in [0.2, 0.25) is 5.91 Å². The standard InChI is InChI=1S/C9H11ClN4O2/c1-5(8(15)11-2)12-9(16)6-3-4-7(10)14-13-6/h3-5H,1-2H3,(H,11,15)(H,12,16). The predicted octanol–water partition coefficient (Wildman–Crippen LogP) is -0.00570. The highest BCUT2D eigenvalue weighted by Gasteiger charge is 2.16. The second-order valence-electron chi connectivity index (χ2n) is 3.05. The van der Waals surface area contributed by atoms with Crippen LogP contribution in [0.25, 0.3) is 0 Å². The summed E-state index contributed by atoms with van der Waals surface area (Å²) in [5.74, 6) is -0.754. The molecule has 1 unspecified atom stereocenters. The Balaban J connectivity index is 2.65. The number of aromatic nitrogens is 2. The van der Waals surface area contributed by atoms with Crippen molar-refractivity contribution in [1.82, 2.24) is 20.8 Å². The molecule has 0 saturated heterocycles. The highest BCUT2D eigenvalue weighted by Crippen LogP contribution is 2.02. The smallest absolute Gasteiger partial charge is 0.272 e.